The van der Waals surface area contributed by atoms with Gasteiger partial charge < -0.3 is 18.9 Å². The lowest BCUT2D eigenvalue weighted by molar-refractivity contribution is 0.0695. The Kier molecular flexibility index (Phi) is 3.96. The molecular formula is C21H20FN3O3. The number of hydrogen-bond acceptors (Lipinski definition) is 4. The molecule has 0 bridgehead atoms. The van der Waals surface area contributed by atoms with E-state index in [0.717, 1.165) is 29.7 Å². The van der Waals surface area contributed by atoms with E-state index in [1.807, 2.05) is 11.8 Å². The second kappa shape index (κ2) is 6.51. The van der Waals surface area contributed by atoms with Gasteiger partial charge in [0, 0.05) is 24.7 Å². The van der Waals surface area contributed by atoms with Crippen LogP contribution in [0.3, 0.4) is 0 Å². The lowest BCUT2D eigenvalue weighted by atomic mass is 10.0. The molecule has 0 N–H and O–H groups in total. The SMILES string of the molecule is Cc1nc2ccc(F)cc2n1C1CCN(C(=O)c2ccc3c(c2)OCO3)CC1. The molecule has 6 nitrogen and oxygen atoms in total. The van der Waals surface area contributed by atoms with Crippen molar-refractivity contribution in [2.45, 2.75) is 25.8 Å². The minimum Gasteiger partial charge on any atom is -0.454 e. The van der Waals surface area contributed by atoms with Crippen LogP contribution in [0.15, 0.2) is 36.4 Å². The predicted molar refractivity (Wildman–Crippen MR) is 101 cm³/mol. The second-order valence-electron chi connectivity index (χ2n) is 7.25. The molecule has 0 saturated carbocycles. The van der Waals surface area contributed by atoms with Crippen molar-refractivity contribution in [3.8, 4) is 11.5 Å². The largest absolute Gasteiger partial charge is 0.454 e. The number of nitrogens with zero attached hydrogens (tertiary/aromatic N) is 3. The number of amides is 1. The smallest absolute Gasteiger partial charge is 0.253 e. The van der Waals surface area contributed by atoms with Crippen molar-refractivity contribution in [3.05, 3.63) is 53.6 Å². The van der Waals surface area contributed by atoms with Crippen molar-refractivity contribution in [2.75, 3.05) is 19.9 Å². The van der Waals surface area contributed by atoms with Crippen LogP contribution >= 0.6 is 0 Å². The number of fused-ring (bicyclic) bond motifs is 2. The Morgan fingerprint density at radius 1 is 1.11 bits per heavy atom. The van der Waals surface area contributed by atoms with E-state index in [9.17, 15) is 9.18 Å². The first kappa shape index (κ1) is 17.0. The molecule has 5 rings (SSSR count). The standard InChI is InChI=1S/C21H20FN3O3/c1-13-23-17-4-3-15(22)11-18(17)25(13)16-6-8-24(9-7-16)21(26)14-2-5-19-20(10-14)28-12-27-19/h2-5,10-11,16H,6-9,12H2,1H3. The Bertz CT molecular complexity index is 1070. The van der Waals surface area contributed by atoms with Crippen LogP contribution in [0.4, 0.5) is 4.39 Å². The molecule has 7 heteroatoms. The molecule has 2 aliphatic rings. The van der Waals surface area contributed by atoms with Gasteiger partial charge in [0.05, 0.1) is 11.0 Å². The normalized spacial score (nSPS) is 16.7. The van der Waals surface area contributed by atoms with E-state index in [0.29, 0.717) is 30.2 Å². The van der Waals surface area contributed by atoms with Gasteiger partial charge in [0.2, 0.25) is 6.79 Å². The third kappa shape index (κ3) is 2.78. The molecule has 3 heterocycles. The highest BCUT2D eigenvalue weighted by Gasteiger charge is 2.27. The van der Waals surface area contributed by atoms with Gasteiger partial charge in [-0.25, -0.2) is 9.37 Å². The fraction of sp³-hybridized carbons (Fsp3) is 0.333. The number of carbonyl (C=O) groups excluding carboxylic acids is 1. The van der Waals surface area contributed by atoms with E-state index in [1.54, 1.807) is 30.3 Å². The van der Waals surface area contributed by atoms with Gasteiger partial charge >= 0.3 is 0 Å². The maximum atomic E-state index is 13.7. The van der Waals surface area contributed by atoms with Crippen molar-refractivity contribution >= 4 is 16.9 Å². The zero-order chi connectivity index (χ0) is 19.3. The molecule has 3 aromatic rings. The average Bonchev–Trinajstić information content (AvgIpc) is 3.30. The maximum absolute atomic E-state index is 13.7. The molecule has 0 atom stereocenters. The Morgan fingerprint density at radius 3 is 2.71 bits per heavy atom. The molecular weight excluding hydrogens is 361 g/mol. The fourth-order valence-corrected chi connectivity index (χ4v) is 4.19. The molecule has 144 valence electrons. The summed E-state index contributed by atoms with van der Waals surface area (Å²) in [6.45, 7) is 3.43. The lowest BCUT2D eigenvalue weighted by Crippen LogP contribution is -2.39. The van der Waals surface area contributed by atoms with Crippen LogP contribution in [0.1, 0.15) is 35.1 Å². The van der Waals surface area contributed by atoms with Gasteiger partial charge in [-0.15, -0.1) is 0 Å². The molecule has 1 fully saturated rings. The van der Waals surface area contributed by atoms with Crippen molar-refractivity contribution in [1.82, 2.24) is 14.5 Å². The van der Waals surface area contributed by atoms with Gasteiger partial charge in [0.25, 0.3) is 5.91 Å². The number of hydrogen-bond donors (Lipinski definition) is 0. The first-order chi connectivity index (χ1) is 13.6. The molecule has 1 saturated heterocycles. The number of aromatic nitrogens is 2. The lowest BCUT2D eigenvalue weighted by Gasteiger charge is -2.33. The summed E-state index contributed by atoms with van der Waals surface area (Å²) in [5, 5.41) is 0. The van der Waals surface area contributed by atoms with Gasteiger partial charge in [0.1, 0.15) is 11.6 Å². The quantitative estimate of drug-likeness (QED) is 0.679. The Morgan fingerprint density at radius 2 is 1.89 bits per heavy atom. The van der Waals surface area contributed by atoms with Crippen LogP contribution in [0.2, 0.25) is 0 Å². The molecule has 0 spiro atoms. The third-order valence-corrected chi connectivity index (χ3v) is 5.56. The number of aryl methyl sites for hydroxylation is 1. The number of halogens is 1. The van der Waals surface area contributed by atoms with Crippen LogP contribution < -0.4 is 9.47 Å². The van der Waals surface area contributed by atoms with Crippen LogP contribution in [0, 0.1) is 12.7 Å². The van der Waals surface area contributed by atoms with E-state index in [4.69, 9.17) is 9.47 Å². The van der Waals surface area contributed by atoms with Gasteiger partial charge in [-0.1, -0.05) is 0 Å². The van der Waals surface area contributed by atoms with E-state index in [1.165, 1.54) is 6.07 Å². The molecule has 0 radical (unpaired) electrons. The number of carbonyl (C=O) groups is 1. The summed E-state index contributed by atoms with van der Waals surface area (Å²) >= 11 is 0. The summed E-state index contributed by atoms with van der Waals surface area (Å²) in [5.41, 5.74) is 2.23. The Labute approximate surface area is 161 Å². The molecule has 0 unspecified atom stereocenters. The molecule has 1 amide bonds. The zero-order valence-electron chi connectivity index (χ0n) is 15.5. The molecule has 28 heavy (non-hydrogen) atoms. The van der Waals surface area contributed by atoms with Gasteiger partial charge in [-0.2, -0.15) is 0 Å². The predicted octanol–water partition coefficient (Wildman–Crippen LogP) is 3.69. The molecule has 0 aliphatic carbocycles. The number of rotatable bonds is 2. The van der Waals surface area contributed by atoms with Crippen LogP contribution in [-0.2, 0) is 0 Å². The third-order valence-electron chi connectivity index (χ3n) is 5.56. The maximum Gasteiger partial charge on any atom is 0.253 e. The highest BCUT2D eigenvalue weighted by Crippen LogP contribution is 2.34. The van der Waals surface area contributed by atoms with Crippen LogP contribution in [0.5, 0.6) is 11.5 Å². The minimum absolute atomic E-state index is 0.00462. The number of likely N-dealkylation sites (tertiary alicyclic amines) is 1. The molecule has 1 aromatic heterocycles. The summed E-state index contributed by atoms with van der Waals surface area (Å²) in [6.07, 6.45) is 1.61. The summed E-state index contributed by atoms with van der Waals surface area (Å²) in [6, 6.07) is 10.2. The first-order valence-corrected chi connectivity index (χ1v) is 9.43. The Balaban J connectivity index is 1.33. The Hall–Kier alpha value is -3.09. The number of imidazole rings is 1. The number of benzene rings is 2. The van der Waals surface area contributed by atoms with Crippen molar-refractivity contribution in [3.63, 3.8) is 0 Å². The van der Waals surface area contributed by atoms with E-state index < -0.39 is 0 Å². The van der Waals surface area contributed by atoms with Crippen molar-refractivity contribution < 1.29 is 18.7 Å². The second-order valence-corrected chi connectivity index (χ2v) is 7.25. The molecule has 2 aliphatic heterocycles. The van der Waals surface area contributed by atoms with Gasteiger partial charge in [-0.05, 0) is 56.2 Å². The van der Waals surface area contributed by atoms with E-state index in [-0.39, 0.29) is 24.6 Å². The van der Waals surface area contributed by atoms with E-state index >= 15 is 0 Å². The zero-order valence-corrected chi connectivity index (χ0v) is 15.5. The highest BCUT2D eigenvalue weighted by molar-refractivity contribution is 5.95. The van der Waals surface area contributed by atoms with Crippen LogP contribution in [-0.4, -0.2) is 40.2 Å². The van der Waals surface area contributed by atoms with Gasteiger partial charge in [0.15, 0.2) is 11.5 Å². The van der Waals surface area contributed by atoms with Crippen molar-refractivity contribution in [1.29, 1.82) is 0 Å². The fourth-order valence-electron chi connectivity index (χ4n) is 4.19. The first-order valence-electron chi connectivity index (χ1n) is 9.43. The number of ether oxygens (including phenoxy) is 2. The summed E-state index contributed by atoms with van der Waals surface area (Å²) in [7, 11) is 0. The minimum atomic E-state index is -0.260. The highest BCUT2D eigenvalue weighted by atomic mass is 19.1. The summed E-state index contributed by atoms with van der Waals surface area (Å²) in [4.78, 5) is 19.3. The summed E-state index contributed by atoms with van der Waals surface area (Å²) < 4.78 is 26.5. The van der Waals surface area contributed by atoms with Crippen LogP contribution in [0.25, 0.3) is 11.0 Å². The van der Waals surface area contributed by atoms with Crippen molar-refractivity contribution in [2.24, 2.45) is 0 Å². The average molecular weight is 381 g/mol. The van der Waals surface area contributed by atoms with Gasteiger partial charge in [-0.3, -0.25) is 4.79 Å². The monoisotopic (exact) mass is 381 g/mol. The number of piperidine rings is 1. The summed E-state index contributed by atoms with van der Waals surface area (Å²) in [5.74, 6) is 1.90. The molecule has 2 aromatic carbocycles. The topological polar surface area (TPSA) is 56.6 Å². The van der Waals surface area contributed by atoms with E-state index in [2.05, 4.69) is 9.55 Å².